The van der Waals surface area contributed by atoms with Crippen LogP contribution in [0.15, 0.2) is 52.9 Å². The van der Waals surface area contributed by atoms with Crippen LogP contribution in [0.25, 0.3) is 10.2 Å². The summed E-state index contributed by atoms with van der Waals surface area (Å²) in [7, 11) is 1.60. The van der Waals surface area contributed by atoms with E-state index in [4.69, 9.17) is 4.74 Å². The van der Waals surface area contributed by atoms with Crippen molar-refractivity contribution in [1.82, 2.24) is 9.55 Å². The minimum Gasteiger partial charge on any atom is -0.497 e. The molecule has 0 atom stereocenters. The summed E-state index contributed by atoms with van der Waals surface area (Å²) in [5.74, 6) is 0.540. The van der Waals surface area contributed by atoms with Crippen molar-refractivity contribution in [3.05, 3.63) is 73.8 Å². The van der Waals surface area contributed by atoms with E-state index in [1.807, 2.05) is 55.6 Å². The number of hydrogen-bond acceptors (Lipinski definition) is 6. The largest absolute Gasteiger partial charge is 0.497 e. The summed E-state index contributed by atoms with van der Waals surface area (Å²) in [4.78, 5) is 35.2. The monoisotopic (exact) mass is 439 g/mol. The van der Waals surface area contributed by atoms with Gasteiger partial charge in [-0.3, -0.25) is 14.2 Å². The number of anilines is 1. The molecule has 0 saturated heterocycles. The summed E-state index contributed by atoms with van der Waals surface area (Å²) >= 11 is 3.09. The average Bonchev–Trinajstić information content (AvgIpc) is 3.36. The van der Waals surface area contributed by atoms with Gasteiger partial charge in [0.15, 0.2) is 0 Å². The van der Waals surface area contributed by atoms with E-state index < -0.39 is 0 Å². The van der Waals surface area contributed by atoms with Crippen molar-refractivity contribution < 1.29 is 9.53 Å². The Kier molecular flexibility index (Phi) is 5.69. The number of methoxy groups -OCH3 is 1. The highest BCUT2D eigenvalue weighted by Gasteiger charge is 2.20. The van der Waals surface area contributed by atoms with Gasteiger partial charge in [-0.2, -0.15) is 0 Å². The molecule has 154 valence electrons. The molecule has 0 fully saturated rings. The first-order chi connectivity index (χ1) is 14.5. The van der Waals surface area contributed by atoms with Crippen LogP contribution in [0.4, 0.5) is 5.69 Å². The molecule has 0 aliphatic rings. The van der Waals surface area contributed by atoms with Crippen LogP contribution in [-0.4, -0.2) is 22.6 Å². The quantitative estimate of drug-likeness (QED) is 0.447. The molecule has 4 aromatic rings. The zero-order valence-corrected chi connectivity index (χ0v) is 18.5. The van der Waals surface area contributed by atoms with Crippen LogP contribution < -0.4 is 15.2 Å². The first-order valence-corrected chi connectivity index (χ1v) is 11.1. The third-order valence-corrected chi connectivity index (χ3v) is 7.02. The summed E-state index contributed by atoms with van der Waals surface area (Å²) in [6.45, 7) is 4.25. The molecule has 6 nitrogen and oxygen atoms in total. The third-order valence-electron chi connectivity index (χ3n) is 5.04. The maximum Gasteiger partial charge on any atom is 0.262 e. The fourth-order valence-corrected chi connectivity index (χ4v) is 4.94. The predicted molar refractivity (Wildman–Crippen MR) is 122 cm³/mol. The second-order valence-electron chi connectivity index (χ2n) is 6.90. The van der Waals surface area contributed by atoms with Crippen LogP contribution in [0.5, 0.6) is 5.75 Å². The number of rotatable bonds is 6. The van der Waals surface area contributed by atoms with Crippen LogP contribution in [0.1, 0.15) is 15.3 Å². The Morgan fingerprint density at radius 2 is 1.97 bits per heavy atom. The van der Waals surface area contributed by atoms with Crippen molar-refractivity contribution in [2.45, 2.75) is 26.9 Å². The lowest BCUT2D eigenvalue weighted by atomic mass is 10.2. The molecule has 30 heavy (non-hydrogen) atoms. The Hall–Kier alpha value is -2.97. The molecule has 0 radical (unpaired) electrons. The van der Waals surface area contributed by atoms with Gasteiger partial charge >= 0.3 is 0 Å². The van der Waals surface area contributed by atoms with Gasteiger partial charge in [-0.15, -0.1) is 22.7 Å². The van der Waals surface area contributed by atoms with Crippen LogP contribution >= 0.6 is 22.7 Å². The normalized spacial score (nSPS) is 11.0. The first kappa shape index (κ1) is 20.3. The zero-order valence-electron chi connectivity index (χ0n) is 16.9. The molecule has 3 heterocycles. The minimum absolute atomic E-state index is 0.0759. The van der Waals surface area contributed by atoms with Crippen molar-refractivity contribution in [2.75, 3.05) is 12.0 Å². The van der Waals surface area contributed by atoms with Gasteiger partial charge in [0.25, 0.3) is 5.56 Å². The number of hydrogen-bond donors (Lipinski definition) is 0. The Morgan fingerprint density at radius 1 is 1.20 bits per heavy atom. The van der Waals surface area contributed by atoms with Gasteiger partial charge in [0, 0.05) is 15.4 Å². The zero-order chi connectivity index (χ0) is 21.3. The first-order valence-electron chi connectivity index (χ1n) is 9.40. The van der Waals surface area contributed by atoms with E-state index in [1.165, 1.54) is 22.2 Å². The Labute approximate surface area is 182 Å². The lowest BCUT2D eigenvalue weighted by molar-refractivity contribution is -0.119. The molecule has 4 rings (SSSR count). The van der Waals surface area contributed by atoms with Crippen molar-refractivity contribution in [2.24, 2.45) is 0 Å². The van der Waals surface area contributed by atoms with Gasteiger partial charge in [-0.1, -0.05) is 6.07 Å². The fourth-order valence-electron chi connectivity index (χ4n) is 3.26. The predicted octanol–water partition coefficient (Wildman–Crippen LogP) is 4.38. The molecule has 1 aromatic carbocycles. The van der Waals surface area contributed by atoms with E-state index in [9.17, 15) is 9.59 Å². The molecule has 3 aromatic heterocycles. The number of aromatic nitrogens is 2. The van der Waals surface area contributed by atoms with E-state index >= 15 is 0 Å². The third kappa shape index (κ3) is 3.88. The summed E-state index contributed by atoms with van der Waals surface area (Å²) < 4.78 is 6.62. The molecule has 8 heteroatoms. The highest BCUT2D eigenvalue weighted by Crippen LogP contribution is 2.26. The van der Waals surface area contributed by atoms with Gasteiger partial charge in [-0.25, -0.2) is 4.98 Å². The number of fused-ring (bicyclic) bond motifs is 1. The molecule has 0 bridgehead atoms. The van der Waals surface area contributed by atoms with E-state index in [0.717, 1.165) is 26.8 Å². The lowest BCUT2D eigenvalue weighted by Crippen LogP contribution is -2.36. The highest BCUT2D eigenvalue weighted by atomic mass is 32.1. The van der Waals surface area contributed by atoms with E-state index in [-0.39, 0.29) is 18.0 Å². The lowest BCUT2D eigenvalue weighted by Gasteiger charge is -2.23. The van der Waals surface area contributed by atoms with Crippen molar-refractivity contribution in [3.63, 3.8) is 0 Å². The van der Waals surface area contributed by atoms with Crippen molar-refractivity contribution >= 4 is 44.5 Å². The van der Waals surface area contributed by atoms with Crippen LogP contribution in [0, 0.1) is 13.8 Å². The van der Waals surface area contributed by atoms with Crippen molar-refractivity contribution in [3.8, 4) is 5.75 Å². The Bertz CT molecular complexity index is 1240. The molecular formula is C22H21N3O3S2. The van der Waals surface area contributed by atoms with Gasteiger partial charge in [0.05, 0.1) is 25.4 Å². The van der Waals surface area contributed by atoms with E-state index in [2.05, 4.69) is 4.98 Å². The van der Waals surface area contributed by atoms with Gasteiger partial charge < -0.3 is 9.64 Å². The summed E-state index contributed by atoms with van der Waals surface area (Å²) in [5, 5.41) is 2.58. The molecule has 0 unspecified atom stereocenters. The molecule has 0 aliphatic heterocycles. The van der Waals surface area contributed by atoms with E-state index in [0.29, 0.717) is 16.8 Å². The second-order valence-corrected chi connectivity index (χ2v) is 9.13. The average molecular weight is 440 g/mol. The van der Waals surface area contributed by atoms with E-state index in [1.54, 1.807) is 23.3 Å². The molecule has 0 saturated carbocycles. The smallest absolute Gasteiger partial charge is 0.262 e. The Morgan fingerprint density at radius 3 is 2.63 bits per heavy atom. The van der Waals surface area contributed by atoms with Crippen LogP contribution in [-0.2, 0) is 17.9 Å². The molecule has 0 N–H and O–H groups in total. The standard InChI is InChI=1S/C22H21N3O3S2/c1-14-15(2)30-21-20(14)22(27)24(13-23-21)12-19(26)25(11-18-5-4-10-29-18)16-6-8-17(28-3)9-7-16/h4-10,13H,11-12H2,1-3H3. The van der Waals surface area contributed by atoms with Gasteiger partial charge in [0.1, 0.15) is 17.1 Å². The summed E-state index contributed by atoms with van der Waals surface area (Å²) in [5.41, 5.74) is 1.50. The Balaban J connectivity index is 1.67. The minimum atomic E-state index is -0.180. The number of carbonyl (C=O) groups excluding carboxylic acids is 1. The second kappa shape index (κ2) is 8.41. The number of aryl methyl sites for hydroxylation is 2. The van der Waals surface area contributed by atoms with Gasteiger partial charge in [0.2, 0.25) is 5.91 Å². The SMILES string of the molecule is COc1ccc(N(Cc2cccs2)C(=O)Cn2cnc3sc(C)c(C)c3c2=O)cc1. The maximum atomic E-state index is 13.3. The molecule has 1 amide bonds. The highest BCUT2D eigenvalue weighted by molar-refractivity contribution is 7.18. The molecule has 0 aliphatic carbocycles. The number of ether oxygens (including phenoxy) is 1. The number of benzene rings is 1. The maximum absolute atomic E-state index is 13.3. The number of thiophene rings is 2. The number of amides is 1. The molecular weight excluding hydrogens is 418 g/mol. The van der Waals surface area contributed by atoms with Gasteiger partial charge in [-0.05, 0) is 55.1 Å². The van der Waals surface area contributed by atoms with Crippen LogP contribution in [0.2, 0.25) is 0 Å². The summed E-state index contributed by atoms with van der Waals surface area (Å²) in [6.07, 6.45) is 1.47. The van der Waals surface area contributed by atoms with Crippen molar-refractivity contribution in [1.29, 1.82) is 0 Å². The topological polar surface area (TPSA) is 64.4 Å². The van der Waals surface area contributed by atoms with Crippen LogP contribution in [0.3, 0.4) is 0 Å². The summed E-state index contributed by atoms with van der Waals surface area (Å²) in [6, 6.07) is 11.3. The fraction of sp³-hybridized carbons (Fsp3) is 0.227. The molecule has 0 spiro atoms. The number of nitrogens with zero attached hydrogens (tertiary/aromatic N) is 3. The number of carbonyl (C=O) groups is 1.